The predicted octanol–water partition coefficient (Wildman–Crippen LogP) is -0.168. The lowest BCUT2D eigenvalue weighted by molar-refractivity contribution is -0.123. The molecule has 1 aromatic carbocycles. The Morgan fingerprint density at radius 3 is 2.26 bits per heavy atom. The highest BCUT2D eigenvalue weighted by Crippen LogP contribution is 2.32. The molecule has 27 heavy (non-hydrogen) atoms. The lowest BCUT2D eigenvalue weighted by Gasteiger charge is -2.36. The van der Waals surface area contributed by atoms with Gasteiger partial charge in [0.05, 0.1) is 28.8 Å². The third-order valence-corrected chi connectivity index (χ3v) is 9.59. The second kappa shape index (κ2) is 7.40. The maximum atomic E-state index is 13.1. The van der Waals surface area contributed by atoms with E-state index >= 15 is 0 Å². The predicted molar refractivity (Wildman–Crippen MR) is 99.9 cm³/mol. The second-order valence-corrected chi connectivity index (χ2v) is 11.4. The van der Waals surface area contributed by atoms with Crippen molar-refractivity contribution in [1.29, 1.82) is 0 Å². The number of benzene rings is 1. The number of rotatable bonds is 5. The average molecular weight is 417 g/mol. The van der Waals surface area contributed by atoms with Crippen LogP contribution in [0.1, 0.15) is 12.8 Å². The summed E-state index contributed by atoms with van der Waals surface area (Å²) in [5, 5.41) is -1.03. The van der Waals surface area contributed by atoms with Crippen LogP contribution in [0.3, 0.4) is 0 Å². The van der Waals surface area contributed by atoms with Gasteiger partial charge in [-0.1, -0.05) is 0 Å². The van der Waals surface area contributed by atoms with Crippen molar-refractivity contribution >= 4 is 25.6 Å². The minimum atomic E-state index is -3.83. The number of carbonyl (C=O) groups is 1. The summed E-state index contributed by atoms with van der Waals surface area (Å²) in [4.78, 5) is 13.3. The third kappa shape index (κ3) is 4.12. The molecule has 0 aliphatic carbocycles. The first kappa shape index (κ1) is 20.1. The van der Waals surface area contributed by atoms with Crippen LogP contribution in [-0.2, 0) is 24.5 Å². The fourth-order valence-electron chi connectivity index (χ4n) is 3.89. The van der Waals surface area contributed by atoms with Gasteiger partial charge in [0.25, 0.3) is 0 Å². The Morgan fingerprint density at radius 2 is 1.74 bits per heavy atom. The molecule has 3 rings (SSSR count). The standard InChI is InChI=1S/C17H24N2O6S2/c1-25-13-2-4-14(5-3-13)27(23,24)16-11-26(21,22)10-15(16)19-8-6-12(7-9-19)17(18)20/h2-5,12,15-16H,6-11H2,1H3,(H2,18,20). The highest BCUT2D eigenvalue weighted by Gasteiger charge is 2.48. The van der Waals surface area contributed by atoms with Crippen molar-refractivity contribution in [2.24, 2.45) is 11.7 Å². The monoisotopic (exact) mass is 416 g/mol. The van der Waals surface area contributed by atoms with Crippen molar-refractivity contribution in [3.8, 4) is 5.75 Å². The fraction of sp³-hybridized carbons (Fsp3) is 0.588. The van der Waals surface area contributed by atoms with Gasteiger partial charge in [0, 0.05) is 12.0 Å². The van der Waals surface area contributed by atoms with Crippen molar-refractivity contribution in [3.63, 3.8) is 0 Å². The molecule has 2 N–H and O–H groups in total. The Hall–Kier alpha value is -1.65. The van der Waals surface area contributed by atoms with Crippen LogP contribution in [0.2, 0.25) is 0 Å². The Balaban J connectivity index is 1.86. The summed E-state index contributed by atoms with van der Waals surface area (Å²) >= 11 is 0. The van der Waals surface area contributed by atoms with E-state index in [0.29, 0.717) is 31.7 Å². The number of carbonyl (C=O) groups excluding carboxylic acids is 1. The topological polar surface area (TPSA) is 124 Å². The van der Waals surface area contributed by atoms with E-state index in [2.05, 4.69) is 0 Å². The lowest BCUT2D eigenvalue weighted by Crippen LogP contribution is -2.50. The molecule has 2 unspecified atom stereocenters. The van der Waals surface area contributed by atoms with E-state index in [-0.39, 0.29) is 28.2 Å². The third-order valence-electron chi connectivity index (χ3n) is 5.46. The first-order valence-corrected chi connectivity index (χ1v) is 12.1. The van der Waals surface area contributed by atoms with Crippen LogP contribution in [0.25, 0.3) is 0 Å². The van der Waals surface area contributed by atoms with Gasteiger partial charge in [0.2, 0.25) is 5.91 Å². The van der Waals surface area contributed by atoms with Crippen molar-refractivity contribution in [3.05, 3.63) is 24.3 Å². The molecule has 2 heterocycles. The number of piperidine rings is 1. The van der Waals surface area contributed by atoms with E-state index in [1.807, 2.05) is 4.90 Å². The van der Waals surface area contributed by atoms with Crippen LogP contribution < -0.4 is 10.5 Å². The fourth-order valence-corrected chi connectivity index (χ4v) is 8.72. The summed E-state index contributed by atoms with van der Waals surface area (Å²) < 4.78 is 55.9. The molecule has 1 aromatic rings. The second-order valence-electron chi connectivity index (χ2n) is 7.12. The van der Waals surface area contributed by atoms with Gasteiger partial charge in [-0.05, 0) is 50.2 Å². The maximum Gasteiger partial charge on any atom is 0.220 e. The molecule has 2 fully saturated rings. The van der Waals surface area contributed by atoms with Crippen LogP contribution in [0.5, 0.6) is 5.75 Å². The minimum Gasteiger partial charge on any atom is -0.497 e. The van der Waals surface area contributed by atoms with Crippen LogP contribution in [-0.4, -0.2) is 70.6 Å². The molecule has 2 saturated heterocycles. The average Bonchev–Trinajstić information content (AvgIpc) is 2.98. The smallest absolute Gasteiger partial charge is 0.220 e. The van der Waals surface area contributed by atoms with E-state index in [1.165, 1.54) is 19.2 Å². The molecule has 150 valence electrons. The molecule has 8 nitrogen and oxygen atoms in total. The van der Waals surface area contributed by atoms with Gasteiger partial charge in [-0.2, -0.15) is 0 Å². The summed E-state index contributed by atoms with van der Waals surface area (Å²) in [6.07, 6.45) is 1.03. The van der Waals surface area contributed by atoms with Gasteiger partial charge < -0.3 is 10.5 Å². The lowest BCUT2D eigenvalue weighted by atomic mass is 9.95. The molecule has 0 radical (unpaired) electrons. The summed E-state index contributed by atoms with van der Waals surface area (Å²) in [6, 6.07) is 5.36. The molecule has 2 aliphatic heterocycles. The number of sulfone groups is 2. The highest BCUT2D eigenvalue weighted by molar-refractivity contribution is 7.96. The molecule has 1 amide bonds. The van der Waals surface area contributed by atoms with E-state index in [9.17, 15) is 21.6 Å². The Kier molecular flexibility index (Phi) is 5.51. The maximum absolute atomic E-state index is 13.1. The summed E-state index contributed by atoms with van der Waals surface area (Å²) in [7, 11) is -5.81. The van der Waals surface area contributed by atoms with Gasteiger partial charge in [0.1, 0.15) is 5.75 Å². The Bertz CT molecular complexity index is 903. The minimum absolute atomic E-state index is 0.0856. The quantitative estimate of drug-likeness (QED) is 0.707. The van der Waals surface area contributed by atoms with E-state index in [1.54, 1.807) is 12.1 Å². The normalized spacial score (nSPS) is 26.7. The number of hydrogen-bond acceptors (Lipinski definition) is 7. The van der Waals surface area contributed by atoms with Crippen LogP contribution in [0.15, 0.2) is 29.2 Å². The highest BCUT2D eigenvalue weighted by atomic mass is 32.2. The number of likely N-dealkylation sites (tertiary alicyclic amines) is 1. The number of nitrogens with two attached hydrogens (primary N) is 1. The van der Waals surface area contributed by atoms with Gasteiger partial charge in [0.15, 0.2) is 19.7 Å². The summed E-state index contributed by atoms with van der Waals surface area (Å²) in [6.45, 7) is 0.921. The molecule has 2 aliphatic rings. The van der Waals surface area contributed by atoms with Crippen molar-refractivity contribution in [2.45, 2.75) is 29.0 Å². The zero-order chi connectivity index (χ0) is 19.8. The van der Waals surface area contributed by atoms with Gasteiger partial charge in [-0.3, -0.25) is 9.69 Å². The zero-order valence-electron chi connectivity index (χ0n) is 15.1. The largest absolute Gasteiger partial charge is 0.497 e. The molecule has 0 bridgehead atoms. The zero-order valence-corrected chi connectivity index (χ0v) is 16.7. The molecule has 0 saturated carbocycles. The number of ether oxygens (including phenoxy) is 1. The summed E-state index contributed by atoms with van der Waals surface area (Å²) in [5.41, 5.74) is 5.35. The van der Waals surface area contributed by atoms with E-state index < -0.39 is 31.0 Å². The SMILES string of the molecule is COc1ccc(S(=O)(=O)C2CS(=O)(=O)CC2N2CCC(C(N)=O)CC2)cc1. The molecule has 10 heteroatoms. The molecule has 0 aromatic heterocycles. The van der Waals surface area contributed by atoms with Gasteiger partial charge >= 0.3 is 0 Å². The van der Waals surface area contributed by atoms with Crippen LogP contribution >= 0.6 is 0 Å². The molecular formula is C17H24N2O6S2. The van der Waals surface area contributed by atoms with Crippen molar-refractivity contribution in [2.75, 3.05) is 31.7 Å². The number of hydrogen-bond donors (Lipinski definition) is 1. The Labute approximate surface area is 159 Å². The molecule has 0 spiro atoms. The van der Waals surface area contributed by atoms with Crippen molar-refractivity contribution in [1.82, 2.24) is 4.90 Å². The summed E-state index contributed by atoms with van der Waals surface area (Å²) in [5.74, 6) is -0.652. The number of amides is 1. The molecule has 2 atom stereocenters. The van der Waals surface area contributed by atoms with Gasteiger partial charge in [-0.15, -0.1) is 0 Å². The van der Waals surface area contributed by atoms with Gasteiger partial charge in [-0.25, -0.2) is 16.8 Å². The van der Waals surface area contributed by atoms with Crippen LogP contribution in [0.4, 0.5) is 0 Å². The Morgan fingerprint density at radius 1 is 1.15 bits per heavy atom. The van der Waals surface area contributed by atoms with E-state index in [4.69, 9.17) is 10.5 Å². The molecular weight excluding hydrogens is 392 g/mol. The first-order chi connectivity index (χ1) is 12.6. The van der Waals surface area contributed by atoms with E-state index in [0.717, 1.165) is 0 Å². The number of primary amides is 1. The first-order valence-electron chi connectivity index (χ1n) is 8.76. The number of methoxy groups -OCH3 is 1. The van der Waals surface area contributed by atoms with Crippen LogP contribution in [0, 0.1) is 5.92 Å². The number of nitrogens with zero attached hydrogens (tertiary/aromatic N) is 1. The van der Waals surface area contributed by atoms with Crippen molar-refractivity contribution < 1.29 is 26.4 Å².